The molecule has 16 heteroatoms. The maximum absolute atomic E-state index is 11.6. The smallest absolute Gasteiger partial charge is 0.290 e. The van der Waals surface area contributed by atoms with Gasteiger partial charge in [0.05, 0.1) is 40.8 Å². The molecule has 0 bridgehead atoms. The van der Waals surface area contributed by atoms with Gasteiger partial charge in [0.2, 0.25) is 6.04 Å². The second kappa shape index (κ2) is 9.58. The zero-order valence-corrected chi connectivity index (χ0v) is 16.9. The zero-order valence-electron chi connectivity index (χ0n) is 16.9. The summed E-state index contributed by atoms with van der Waals surface area (Å²) in [6, 6.07) is 3.24. The summed E-state index contributed by atoms with van der Waals surface area (Å²) in [5.74, 6) is 0. The van der Waals surface area contributed by atoms with Crippen LogP contribution in [0.4, 0.5) is 11.4 Å². The maximum atomic E-state index is 11.6. The van der Waals surface area contributed by atoms with Gasteiger partial charge in [-0.15, -0.1) is 0 Å². The molecule has 0 N–H and O–H groups in total. The number of aromatic nitrogens is 3. The van der Waals surface area contributed by atoms with Crippen LogP contribution in [0, 0.1) is 40.5 Å². The van der Waals surface area contributed by atoms with Gasteiger partial charge in [0.15, 0.2) is 18.4 Å². The lowest BCUT2D eigenvalue weighted by Crippen LogP contribution is -2.33. The normalized spacial score (nSPS) is 11.8. The molecule has 0 saturated carbocycles. The van der Waals surface area contributed by atoms with E-state index in [2.05, 4.69) is 0 Å². The van der Waals surface area contributed by atoms with Gasteiger partial charge in [-0.1, -0.05) is 5.01 Å². The Morgan fingerprint density at radius 2 is 1.48 bits per heavy atom. The van der Waals surface area contributed by atoms with Crippen LogP contribution in [0.15, 0.2) is 55.4 Å². The summed E-state index contributed by atoms with van der Waals surface area (Å²) >= 11 is 0. The molecule has 0 spiro atoms. The van der Waals surface area contributed by atoms with Crippen molar-refractivity contribution in [1.29, 1.82) is 0 Å². The maximum Gasteiger partial charge on any atom is 0.290 e. The number of hydrogen-bond acceptors (Lipinski definition) is 8. The number of rotatable bonds is 12. The Kier molecular flexibility index (Phi) is 6.65. The molecule has 174 valence electrons. The molecule has 16 nitrogen and oxygen atoms in total. The highest BCUT2D eigenvalue weighted by Crippen LogP contribution is 2.23. The van der Waals surface area contributed by atoms with E-state index in [0.29, 0.717) is 0 Å². The van der Waals surface area contributed by atoms with Gasteiger partial charge in [0, 0.05) is 35.8 Å². The quantitative estimate of drug-likeness (QED) is 0.286. The third kappa shape index (κ3) is 5.69. The third-order valence-electron chi connectivity index (χ3n) is 4.81. The van der Waals surface area contributed by atoms with Gasteiger partial charge in [-0.2, -0.15) is 0 Å². The van der Waals surface area contributed by atoms with Crippen molar-refractivity contribution in [1.82, 2.24) is 18.7 Å². The first-order valence-corrected chi connectivity index (χ1v) is 9.40. The predicted molar refractivity (Wildman–Crippen MR) is 110 cm³/mol. The average molecular weight is 462 g/mol. The van der Waals surface area contributed by atoms with Gasteiger partial charge in [-0.25, -0.2) is 10.1 Å². The van der Waals surface area contributed by atoms with E-state index in [1.165, 1.54) is 27.6 Å². The van der Waals surface area contributed by atoms with Crippen molar-refractivity contribution in [3.05, 3.63) is 101 Å². The van der Waals surface area contributed by atoms with Crippen LogP contribution in [0.2, 0.25) is 0 Å². The number of hydrogen-bond donors (Lipinski definition) is 0. The van der Waals surface area contributed by atoms with Crippen LogP contribution in [0.25, 0.3) is 0 Å². The van der Waals surface area contributed by atoms with Crippen LogP contribution in [0.5, 0.6) is 0 Å². The van der Waals surface area contributed by atoms with Crippen LogP contribution in [-0.2, 0) is 26.3 Å². The Morgan fingerprint density at radius 3 is 2.03 bits per heavy atom. The molecule has 3 aromatic rings. The molecule has 1 unspecified atom stereocenters. The summed E-state index contributed by atoms with van der Waals surface area (Å²) in [5.41, 5.74) is -0.631. The molecule has 0 amide bonds. The van der Waals surface area contributed by atoms with Crippen molar-refractivity contribution < 1.29 is 19.8 Å². The summed E-state index contributed by atoms with van der Waals surface area (Å²) in [6.45, 7) is -0.706. The van der Waals surface area contributed by atoms with Gasteiger partial charge in [-0.3, -0.25) is 30.3 Å². The molecule has 0 aliphatic heterocycles. The van der Waals surface area contributed by atoms with Crippen LogP contribution in [-0.4, -0.2) is 44.6 Å². The van der Waals surface area contributed by atoms with E-state index in [1.54, 1.807) is 29.1 Å². The molecule has 3 heterocycles. The van der Waals surface area contributed by atoms with Crippen molar-refractivity contribution in [2.45, 2.75) is 32.3 Å². The topological polar surface area (TPSA) is 191 Å². The Balaban J connectivity index is 1.80. The predicted octanol–water partition coefficient (Wildman–Crippen LogP) is 1.90. The van der Waals surface area contributed by atoms with E-state index in [0.717, 1.165) is 17.4 Å². The second-order valence-electron chi connectivity index (χ2n) is 7.13. The van der Waals surface area contributed by atoms with Gasteiger partial charge >= 0.3 is 0 Å². The minimum absolute atomic E-state index is 0.0209. The van der Waals surface area contributed by atoms with Gasteiger partial charge in [0.25, 0.3) is 11.4 Å². The summed E-state index contributed by atoms with van der Waals surface area (Å²) in [4.78, 5) is 43.3. The first-order valence-electron chi connectivity index (χ1n) is 9.40. The second-order valence-corrected chi connectivity index (χ2v) is 7.13. The van der Waals surface area contributed by atoms with Crippen molar-refractivity contribution >= 4 is 11.4 Å². The molecule has 1 atom stereocenters. The van der Waals surface area contributed by atoms with E-state index >= 15 is 0 Å². The first-order chi connectivity index (χ1) is 15.6. The van der Waals surface area contributed by atoms with E-state index in [-0.39, 0.29) is 37.6 Å². The fourth-order valence-electron chi connectivity index (χ4n) is 3.29. The zero-order chi connectivity index (χ0) is 24.1. The molecule has 0 radical (unpaired) electrons. The standard InChI is InChI=1S/C17H18N8O8/c26-22(27)15-3-6-19(9-15)10-16(23(28)29)7-14-8-20(11-17(14)24(30)31)13-21(25(32)33)12-18-4-1-2-5-18/h1-6,8-9,11,16H,7,10,12-13H2. The average Bonchev–Trinajstić information content (AvgIpc) is 3.48. The fourth-order valence-corrected chi connectivity index (χ4v) is 3.29. The highest BCUT2D eigenvalue weighted by Gasteiger charge is 2.29. The van der Waals surface area contributed by atoms with E-state index in [4.69, 9.17) is 0 Å². The number of nitro groups is 4. The van der Waals surface area contributed by atoms with Crippen LogP contribution < -0.4 is 0 Å². The molecule has 3 rings (SSSR count). The Bertz CT molecular complexity index is 1170. The highest BCUT2D eigenvalue weighted by molar-refractivity contribution is 5.38. The molecule has 0 fully saturated rings. The van der Waals surface area contributed by atoms with Crippen LogP contribution in [0.3, 0.4) is 0 Å². The van der Waals surface area contributed by atoms with Crippen LogP contribution in [0.1, 0.15) is 5.56 Å². The molecule has 0 saturated heterocycles. The summed E-state index contributed by atoms with van der Waals surface area (Å²) in [6.07, 6.45) is 7.67. The Hall–Kier alpha value is -4.76. The Morgan fingerprint density at radius 1 is 0.818 bits per heavy atom. The third-order valence-corrected chi connectivity index (χ3v) is 4.81. The monoisotopic (exact) mass is 462 g/mol. The lowest BCUT2D eigenvalue weighted by atomic mass is 10.1. The molecular formula is C17H18N8O8. The van der Waals surface area contributed by atoms with Crippen molar-refractivity contribution in [2.75, 3.05) is 0 Å². The molecule has 33 heavy (non-hydrogen) atoms. The Labute approximate surface area is 184 Å². The van der Waals surface area contributed by atoms with Crippen molar-refractivity contribution in [2.24, 2.45) is 0 Å². The summed E-state index contributed by atoms with van der Waals surface area (Å²) in [7, 11) is 0. The van der Waals surface area contributed by atoms with E-state index < -0.39 is 31.5 Å². The van der Waals surface area contributed by atoms with Crippen molar-refractivity contribution in [3.63, 3.8) is 0 Å². The minimum Gasteiger partial charge on any atom is -0.341 e. The summed E-state index contributed by atoms with van der Waals surface area (Å²) < 4.78 is 4.03. The minimum atomic E-state index is -1.32. The van der Waals surface area contributed by atoms with Gasteiger partial charge in [-0.05, 0) is 12.1 Å². The molecule has 0 aliphatic rings. The number of hydrazine groups is 1. The van der Waals surface area contributed by atoms with E-state index in [9.17, 15) is 40.5 Å². The largest absolute Gasteiger partial charge is 0.341 e. The molecule has 3 aromatic heterocycles. The summed E-state index contributed by atoms with van der Waals surface area (Å²) in [5, 5.41) is 45.4. The number of nitrogens with zero attached hydrogens (tertiary/aromatic N) is 8. The lowest BCUT2D eigenvalue weighted by molar-refractivity contribution is -0.670. The van der Waals surface area contributed by atoms with E-state index in [1.807, 2.05) is 0 Å². The SMILES string of the molecule is O=[N+]([O-])c1ccn(CC(Cc2cn(CN(Cn3cccc3)[N+](=O)[O-])cc2[N+](=O)[O-])[N+](=O)[O-])c1. The fraction of sp³-hybridized carbons (Fsp3) is 0.294. The first kappa shape index (κ1) is 22.9. The van der Waals surface area contributed by atoms with Gasteiger partial charge in [0.1, 0.15) is 0 Å². The lowest BCUT2D eigenvalue weighted by Gasteiger charge is -2.15. The van der Waals surface area contributed by atoms with Crippen molar-refractivity contribution in [3.8, 4) is 0 Å². The van der Waals surface area contributed by atoms with Crippen LogP contribution >= 0.6 is 0 Å². The molecule has 0 aromatic carbocycles. The van der Waals surface area contributed by atoms with Gasteiger partial charge < -0.3 is 13.7 Å². The highest BCUT2D eigenvalue weighted by atomic mass is 16.7. The molecular weight excluding hydrogens is 444 g/mol. The molecule has 0 aliphatic carbocycles.